The number of ether oxygens (including phenoxy) is 1. The van der Waals surface area contributed by atoms with E-state index in [1.165, 1.54) is 0 Å². The maximum absolute atomic E-state index is 11.9. The third-order valence-corrected chi connectivity index (χ3v) is 1.52. The highest BCUT2D eigenvalue weighted by atomic mass is 19.4. The first kappa shape index (κ1) is 11.8. The topological polar surface area (TPSA) is 69.7 Å². The fourth-order valence-corrected chi connectivity index (χ4v) is 0.970. The largest absolute Gasteiger partial charge is 0.573 e. The van der Waals surface area contributed by atoms with Crippen LogP contribution in [0.5, 0.6) is 5.75 Å². The molecule has 0 saturated carbocycles. The van der Waals surface area contributed by atoms with E-state index >= 15 is 0 Å². The van der Waals surface area contributed by atoms with Gasteiger partial charge >= 0.3 is 6.36 Å². The SMILES string of the molecule is N#CCc1nc(C#N)ccc1OC(F)(F)F. The number of nitrogens with zero attached hydrogens (tertiary/aromatic N) is 3. The van der Waals surface area contributed by atoms with Crippen LogP contribution in [0.2, 0.25) is 0 Å². The minimum atomic E-state index is -4.85. The fourth-order valence-electron chi connectivity index (χ4n) is 0.970. The molecule has 0 aliphatic heterocycles. The summed E-state index contributed by atoms with van der Waals surface area (Å²) in [6, 6.07) is 5.35. The number of nitriles is 2. The second-order valence-corrected chi connectivity index (χ2v) is 2.64. The van der Waals surface area contributed by atoms with E-state index in [2.05, 4.69) is 9.72 Å². The van der Waals surface area contributed by atoms with Gasteiger partial charge in [-0.15, -0.1) is 13.2 Å². The summed E-state index contributed by atoms with van der Waals surface area (Å²) in [5.74, 6) is -0.562. The molecule has 0 spiro atoms. The Kier molecular flexibility index (Phi) is 3.31. The molecule has 0 fully saturated rings. The highest BCUT2D eigenvalue weighted by molar-refractivity contribution is 5.35. The lowest BCUT2D eigenvalue weighted by molar-refractivity contribution is -0.275. The van der Waals surface area contributed by atoms with Gasteiger partial charge in [0.15, 0.2) is 5.75 Å². The summed E-state index contributed by atoms with van der Waals surface area (Å²) in [5, 5.41) is 16.9. The van der Waals surface area contributed by atoms with Crippen molar-refractivity contribution in [3.05, 3.63) is 23.5 Å². The van der Waals surface area contributed by atoms with Crippen molar-refractivity contribution in [1.29, 1.82) is 10.5 Å². The first-order chi connectivity index (χ1) is 7.46. The Balaban J connectivity index is 3.10. The molecule has 1 aromatic rings. The van der Waals surface area contributed by atoms with Gasteiger partial charge in [0.05, 0.1) is 18.2 Å². The van der Waals surface area contributed by atoms with Gasteiger partial charge in [0.2, 0.25) is 0 Å². The molecule has 1 aromatic heterocycles. The number of pyridine rings is 1. The van der Waals surface area contributed by atoms with E-state index in [1.54, 1.807) is 12.1 Å². The molecule has 82 valence electrons. The molecule has 0 aliphatic rings. The van der Waals surface area contributed by atoms with Crippen molar-refractivity contribution in [2.45, 2.75) is 12.8 Å². The normalized spacial score (nSPS) is 10.3. The van der Waals surface area contributed by atoms with Crippen LogP contribution in [-0.2, 0) is 6.42 Å². The van der Waals surface area contributed by atoms with E-state index in [0.29, 0.717) is 0 Å². The molecule has 1 heterocycles. The zero-order chi connectivity index (χ0) is 12.2. The second kappa shape index (κ2) is 4.49. The van der Waals surface area contributed by atoms with Crippen LogP contribution >= 0.6 is 0 Å². The lowest BCUT2D eigenvalue weighted by Gasteiger charge is -2.10. The zero-order valence-corrected chi connectivity index (χ0v) is 7.75. The van der Waals surface area contributed by atoms with Crippen LogP contribution in [0.1, 0.15) is 11.4 Å². The summed E-state index contributed by atoms with van der Waals surface area (Å²) in [6.45, 7) is 0. The van der Waals surface area contributed by atoms with Crippen LogP contribution in [0, 0.1) is 22.7 Å². The van der Waals surface area contributed by atoms with Crippen LogP contribution < -0.4 is 4.74 Å². The third-order valence-electron chi connectivity index (χ3n) is 1.52. The van der Waals surface area contributed by atoms with E-state index in [0.717, 1.165) is 12.1 Å². The molecular formula is C9H4F3N3O. The summed E-state index contributed by atoms with van der Waals surface area (Å²) in [7, 11) is 0. The van der Waals surface area contributed by atoms with E-state index < -0.39 is 12.1 Å². The van der Waals surface area contributed by atoms with Crippen molar-refractivity contribution >= 4 is 0 Å². The maximum Gasteiger partial charge on any atom is 0.573 e. The number of alkyl halides is 3. The average molecular weight is 227 g/mol. The van der Waals surface area contributed by atoms with Crippen molar-refractivity contribution in [1.82, 2.24) is 4.98 Å². The molecule has 16 heavy (non-hydrogen) atoms. The fraction of sp³-hybridized carbons (Fsp3) is 0.222. The number of rotatable bonds is 2. The molecular weight excluding hydrogens is 223 g/mol. The van der Waals surface area contributed by atoms with Gasteiger partial charge < -0.3 is 4.74 Å². The van der Waals surface area contributed by atoms with Crippen LogP contribution in [0.25, 0.3) is 0 Å². The molecule has 0 aromatic carbocycles. The summed E-state index contributed by atoms with van der Waals surface area (Å²) in [4.78, 5) is 3.56. The zero-order valence-electron chi connectivity index (χ0n) is 7.75. The summed E-state index contributed by atoms with van der Waals surface area (Å²) < 4.78 is 39.5. The minimum absolute atomic E-state index is 0.0697. The van der Waals surface area contributed by atoms with Crippen molar-refractivity contribution in [3.63, 3.8) is 0 Å². The first-order valence-corrected chi connectivity index (χ1v) is 3.99. The molecule has 0 aliphatic carbocycles. The molecule has 1 rings (SSSR count). The Hall–Kier alpha value is -2.28. The van der Waals surface area contributed by atoms with Gasteiger partial charge in [0.25, 0.3) is 0 Å². The Morgan fingerprint density at radius 2 is 2.00 bits per heavy atom. The quantitative estimate of drug-likeness (QED) is 0.773. The van der Waals surface area contributed by atoms with Gasteiger partial charge in [-0.25, -0.2) is 4.98 Å². The van der Waals surface area contributed by atoms with E-state index in [9.17, 15) is 13.2 Å². The van der Waals surface area contributed by atoms with Crippen molar-refractivity contribution < 1.29 is 17.9 Å². The first-order valence-electron chi connectivity index (χ1n) is 3.99. The van der Waals surface area contributed by atoms with Gasteiger partial charge in [-0.1, -0.05) is 0 Å². The molecule has 0 amide bonds. The Bertz CT molecular complexity index is 470. The Labute approximate surface area is 88.5 Å². The standard InChI is InChI=1S/C9H4F3N3O/c10-9(11,12)16-8-2-1-6(5-14)15-7(8)3-4-13/h1-2H,3H2. The Morgan fingerprint density at radius 1 is 1.31 bits per heavy atom. The van der Waals surface area contributed by atoms with Crippen molar-refractivity contribution in [2.75, 3.05) is 0 Å². The number of hydrogen-bond donors (Lipinski definition) is 0. The molecule has 7 heteroatoms. The second-order valence-electron chi connectivity index (χ2n) is 2.64. The number of aromatic nitrogens is 1. The molecule has 0 unspecified atom stereocenters. The van der Waals surface area contributed by atoms with Gasteiger partial charge in [0.1, 0.15) is 11.8 Å². The average Bonchev–Trinajstić information content (AvgIpc) is 2.19. The lowest BCUT2D eigenvalue weighted by atomic mass is 10.2. The molecule has 0 radical (unpaired) electrons. The maximum atomic E-state index is 11.9. The molecule has 0 N–H and O–H groups in total. The summed E-state index contributed by atoms with van der Waals surface area (Å²) >= 11 is 0. The molecule has 0 saturated heterocycles. The van der Waals surface area contributed by atoms with Crippen LogP contribution in [0.15, 0.2) is 12.1 Å². The molecule has 4 nitrogen and oxygen atoms in total. The van der Waals surface area contributed by atoms with Crippen LogP contribution in [-0.4, -0.2) is 11.3 Å². The van der Waals surface area contributed by atoms with E-state index in [4.69, 9.17) is 10.5 Å². The predicted octanol–water partition coefficient (Wildman–Crippen LogP) is 1.92. The number of hydrogen-bond acceptors (Lipinski definition) is 4. The highest BCUT2D eigenvalue weighted by Gasteiger charge is 2.32. The van der Waals surface area contributed by atoms with Gasteiger partial charge in [-0.2, -0.15) is 10.5 Å². The molecule has 0 atom stereocenters. The van der Waals surface area contributed by atoms with Crippen LogP contribution in [0.3, 0.4) is 0 Å². The van der Waals surface area contributed by atoms with E-state index in [-0.39, 0.29) is 17.8 Å². The highest BCUT2D eigenvalue weighted by Crippen LogP contribution is 2.25. The Morgan fingerprint density at radius 3 is 2.50 bits per heavy atom. The summed E-state index contributed by atoms with van der Waals surface area (Å²) in [6.07, 6.45) is -5.21. The summed E-state index contributed by atoms with van der Waals surface area (Å²) in [5.41, 5.74) is -0.279. The van der Waals surface area contributed by atoms with Gasteiger partial charge in [-0.3, -0.25) is 0 Å². The van der Waals surface area contributed by atoms with Gasteiger partial charge in [0, 0.05) is 0 Å². The predicted molar refractivity (Wildman–Crippen MR) is 45.0 cm³/mol. The monoisotopic (exact) mass is 227 g/mol. The molecule has 0 bridgehead atoms. The van der Waals surface area contributed by atoms with Crippen molar-refractivity contribution in [3.8, 4) is 17.9 Å². The lowest BCUT2D eigenvalue weighted by Crippen LogP contribution is -2.18. The third kappa shape index (κ3) is 3.14. The van der Waals surface area contributed by atoms with Gasteiger partial charge in [-0.05, 0) is 12.1 Å². The van der Waals surface area contributed by atoms with E-state index in [1.807, 2.05) is 0 Å². The van der Waals surface area contributed by atoms with Crippen LogP contribution in [0.4, 0.5) is 13.2 Å². The minimum Gasteiger partial charge on any atom is -0.404 e. The number of halogens is 3. The van der Waals surface area contributed by atoms with Crippen molar-refractivity contribution in [2.24, 2.45) is 0 Å². The smallest absolute Gasteiger partial charge is 0.404 e.